The SMILES string of the molecule is CCC(N)CSCc1cccc(F)c1Cl. The standard InChI is InChI=1S/C11H15ClFNS/c1-2-9(14)7-15-6-8-4-3-5-10(13)11(8)12/h3-5,9H,2,6-7,14H2,1H3. The van der Waals surface area contributed by atoms with Gasteiger partial charge in [-0.25, -0.2) is 4.39 Å². The van der Waals surface area contributed by atoms with Crippen LogP contribution >= 0.6 is 23.4 Å². The number of benzene rings is 1. The van der Waals surface area contributed by atoms with Crippen LogP contribution in [0.3, 0.4) is 0 Å². The van der Waals surface area contributed by atoms with Crippen molar-refractivity contribution < 1.29 is 4.39 Å². The molecule has 1 rings (SSSR count). The molecule has 0 bridgehead atoms. The predicted octanol–water partition coefficient (Wildman–Crippen LogP) is 3.45. The molecule has 0 spiro atoms. The highest BCUT2D eigenvalue weighted by molar-refractivity contribution is 7.98. The lowest BCUT2D eigenvalue weighted by atomic mass is 10.2. The zero-order valence-electron chi connectivity index (χ0n) is 8.67. The van der Waals surface area contributed by atoms with E-state index in [1.807, 2.05) is 6.07 Å². The quantitative estimate of drug-likeness (QED) is 0.863. The van der Waals surface area contributed by atoms with E-state index in [1.54, 1.807) is 17.8 Å². The van der Waals surface area contributed by atoms with Crippen molar-refractivity contribution in [1.29, 1.82) is 0 Å². The summed E-state index contributed by atoms with van der Waals surface area (Å²) in [5.74, 6) is 1.24. The number of rotatable bonds is 5. The van der Waals surface area contributed by atoms with Gasteiger partial charge in [-0.1, -0.05) is 30.7 Å². The summed E-state index contributed by atoms with van der Waals surface area (Å²) in [7, 11) is 0. The molecule has 1 atom stereocenters. The van der Waals surface area contributed by atoms with Gasteiger partial charge in [0.2, 0.25) is 0 Å². The van der Waals surface area contributed by atoms with E-state index in [0.29, 0.717) is 5.75 Å². The van der Waals surface area contributed by atoms with Gasteiger partial charge in [0.1, 0.15) is 5.82 Å². The second-order valence-electron chi connectivity index (χ2n) is 3.40. The maximum absolute atomic E-state index is 13.1. The summed E-state index contributed by atoms with van der Waals surface area (Å²) in [4.78, 5) is 0. The van der Waals surface area contributed by atoms with E-state index < -0.39 is 0 Å². The molecule has 15 heavy (non-hydrogen) atoms. The van der Waals surface area contributed by atoms with Gasteiger partial charge in [-0.05, 0) is 18.1 Å². The van der Waals surface area contributed by atoms with Gasteiger partial charge in [-0.2, -0.15) is 11.8 Å². The van der Waals surface area contributed by atoms with Crippen molar-refractivity contribution in [2.24, 2.45) is 5.73 Å². The Kier molecular flexibility index (Phi) is 5.43. The molecule has 1 aromatic carbocycles. The molecule has 1 nitrogen and oxygen atoms in total. The van der Waals surface area contributed by atoms with E-state index in [9.17, 15) is 4.39 Å². The van der Waals surface area contributed by atoms with Gasteiger partial charge in [0, 0.05) is 17.5 Å². The molecule has 84 valence electrons. The van der Waals surface area contributed by atoms with Crippen molar-refractivity contribution in [1.82, 2.24) is 0 Å². The Morgan fingerprint density at radius 1 is 1.53 bits per heavy atom. The monoisotopic (exact) mass is 247 g/mol. The van der Waals surface area contributed by atoms with Gasteiger partial charge < -0.3 is 5.73 Å². The first-order valence-electron chi connectivity index (χ1n) is 4.91. The fourth-order valence-corrected chi connectivity index (χ4v) is 2.49. The van der Waals surface area contributed by atoms with Crippen LogP contribution in [-0.4, -0.2) is 11.8 Å². The Hall–Kier alpha value is -0.250. The molecule has 2 N–H and O–H groups in total. The molecular weight excluding hydrogens is 233 g/mol. The molecule has 0 saturated heterocycles. The van der Waals surface area contributed by atoms with Gasteiger partial charge in [0.15, 0.2) is 0 Å². The second kappa shape index (κ2) is 6.36. The third-order valence-electron chi connectivity index (χ3n) is 2.15. The Labute approximate surface area is 99.2 Å². The Morgan fingerprint density at radius 2 is 2.27 bits per heavy atom. The maximum atomic E-state index is 13.1. The lowest BCUT2D eigenvalue weighted by Gasteiger charge is -2.09. The highest BCUT2D eigenvalue weighted by Gasteiger charge is 2.06. The normalized spacial score (nSPS) is 12.8. The molecule has 4 heteroatoms. The number of halogens is 2. The van der Waals surface area contributed by atoms with Gasteiger partial charge in [-0.3, -0.25) is 0 Å². The molecule has 0 saturated carbocycles. The van der Waals surface area contributed by atoms with Crippen LogP contribution in [-0.2, 0) is 5.75 Å². The van der Waals surface area contributed by atoms with Crippen LogP contribution in [0.1, 0.15) is 18.9 Å². The lowest BCUT2D eigenvalue weighted by molar-refractivity contribution is 0.627. The molecule has 0 aromatic heterocycles. The molecule has 1 aromatic rings. The van der Waals surface area contributed by atoms with Crippen LogP contribution in [0.4, 0.5) is 4.39 Å². The average Bonchev–Trinajstić information content (AvgIpc) is 2.24. The minimum absolute atomic E-state index is 0.210. The van der Waals surface area contributed by atoms with Crippen LogP contribution in [0, 0.1) is 5.82 Å². The van der Waals surface area contributed by atoms with Crippen molar-refractivity contribution in [3.8, 4) is 0 Å². The summed E-state index contributed by atoms with van der Waals surface area (Å²) in [5.41, 5.74) is 6.62. The van der Waals surface area contributed by atoms with E-state index in [-0.39, 0.29) is 16.9 Å². The zero-order valence-corrected chi connectivity index (χ0v) is 10.2. The van der Waals surface area contributed by atoms with E-state index in [1.165, 1.54) is 6.07 Å². The van der Waals surface area contributed by atoms with Crippen molar-refractivity contribution in [3.05, 3.63) is 34.6 Å². The van der Waals surface area contributed by atoms with Crippen molar-refractivity contribution in [3.63, 3.8) is 0 Å². The summed E-state index contributed by atoms with van der Waals surface area (Å²) >= 11 is 7.51. The first-order valence-corrected chi connectivity index (χ1v) is 6.44. The van der Waals surface area contributed by atoms with Crippen LogP contribution < -0.4 is 5.73 Å². The first kappa shape index (κ1) is 12.8. The van der Waals surface area contributed by atoms with Crippen LogP contribution in [0.5, 0.6) is 0 Å². The topological polar surface area (TPSA) is 26.0 Å². The molecule has 0 aliphatic rings. The molecule has 0 amide bonds. The Bertz CT molecular complexity index is 319. The Balaban J connectivity index is 2.47. The van der Waals surface area contributed by atoms with Crippen LogP contribution in [0.2, 0.25) is 5.02 Å². The fraction of sp³-hybridized carbons (Fsp3) is 0.455. The zero-order chi connectivity index (χ0) is 11.3. The smallest absolute Gasteiger partial charge is 0.142 e. The fourth-order valence-electron chi connectivity index (χ4n) is 1.10. The third-order valence-corrected chi connectivity index (χ3v) is 3.75. The molecule has 0 fully saturated rings. The van der Waals surface area contributed by atoms with Gasteiger partial charge in [0.05, 0.1) is 5.02 Å². The van der Waals surface area contributed by atoms with Crippen molar-refractivity contribution in [2.75, 3.05) is 5.75 Å². The minimum atomic E-state index is -0.352. The molecule has 0 aliphatic carbocycles. The summed E-state index contributed by atoms with van der Waals surface area (Å²) < 4.78 is 13.1. The molecule has 0 aliphatic heterocycles. The number of hydrogen-bond acceptors (Lipinski definition) is 2. The summed E-state index contributed by atoms with van der Waals surface area (Å²) in [6.07, 6.45) is 0.962. The lowest BCUT2D eigenvalue weighted by Crippen LogP contribution is -2.21. The summed E-state index contributed by atoms with van der Waals surface area (Å²) in [6.45, 7) is 2.06. The minimum Gasteiger partial charge on any atom is -0.327 e. The molecule has 1 unspecified atom stereocenters. The van der Waals surface area contributed by atoms with Crippen molar-refractivity contribution >= 4 is 23.4 Å². The van der Waals surface area contributed by atoms with Crippen molar-refractivity contribution in [2.45, 2.75) is 25.1 Å². The third kappa shape index (κ3) is 4.01. The highest BCUT2D eigenvalue weighted by atomic mass is 35.5. The van der Waals surface area contributed by atoms with E-state index in [0.717, 1.165) is 17.7 Å². The van der Waals surface area contributed by atoms with Crippen LogP contribution in [0.15, 0.2) is 18.2 Å². The molecule has 0 radical (unpaired) electrons. The maximum Gasteiger partial charge on any atom is 0.142 e. The molecular formula is C11H15ClFNS. The predicted molar refractivity (Wildman–Crippen MR) is 65.8 cm³/mol. The van der Waals surface area contributed by atoms with Crippen LogP contribution in [0.25, 0.3) is 0 Å². The largest absolute Gasteiger partial charge is 0.327 e. The van der Waals surface area contributed by atoms with Gasteiger partial charge >= 0.3 is 0 Å². The highest BCUT2D eigenvalue weighted by Crippen LogP contribution is 2.24. The van der Waals surface area contributed by atoms with E-state index >= 15 is 0 Å². The second-order valence-corrected chi connectivity index (χ2v) is 4.80. The van der Waals surface area contributed by atoms with Gasteiger partial charge in [0.25, 0.3) is 0 Å². The molecule has 0 heterocycles. The summed E-state index contributed by atoms with van der Waals surface area (Å²) in [6, 6.07) is 5.10. The number of thioether (sulfide) groups is 1. The van der Waals surface area contributed by atoms with E-state index in [4.69, 9.17) is 17.3 Å². The van der Waals surface area contributed by atoms with Gasteiger partial charge in [-0.15, -0.1) is 0 Å². The number of nitrogens with two attached hydrogens (primary N) is 1. The van der Waals surface area contributed by atoms with E-state index in [2.05, 4.69) is 6.92 Å². The Morgan fingerprint density at radius 3 is 2.93 bits per heavy atom. The first-order chi connectivity index (χ1) is 7.15. The average molecular weight is 248 g/mol. The number of hydrogen-bond donors (Lipinski definition) is 1. The summed E-state index contributed by atoms with van der Waals surface area (Å²) in [5, 5.41) is 0.232.